The number of ketones is 1. The van der Waals surface area contributed by atoms with Crippen molar-refractivity contribution in [3.05, 3.63) is 24.3 Å². The van der Waals surface area contributed by atoms with E-state index < -0.39 is 0 Å². The number of carbonyl (C=O) groups is 2. The molecule has 0 saturated heterocycles. The lowest BCUT2D eigenvalue weighted by Gasteiger charge is -1.98. The molecule has 0 aromatic carbocycles. The summed E-state index contributed by atoms with van der Waals surface area (Å²) in [6.07, 6.45) is 10.5. The maximum absolute atomic E-state index is 11.3. The Morgan fingerprint density at radius 3 is 2.50 bits per heavy atom. The molecule has 0 aromatic heterocycles. The molecule has 90 valence electrons. The van der Waals surface area contributed by atoms with Crippen LogP contribution in [0.15, 0.2) is 24.3 Å². The summed E-state index contributed by atoms with van der Waals surface area (Å²) >= 11 is 0. The number of hydrogen-bond acceptors (Lipinski definition) is 3. The maximum Gasteiger partial charge on any atom is 0.305 e. The molecule has 0 fully saturated rings. The van der Waals surface area contributed by atoms with Gasteiger partial charge in [-0.15, -0.1) is 0 Å². The molecule has 0 aliphatic carbocycles. The minimum atomic E-state index is -0.249. The molecule has 0 radical (unpaired) electrons. The van der Waals surface area contributed by atoms with Gasteiger partial charge in [0.05, 0.1) is 7.11 Å². The molecule has 0 unspecified atom stereocenters. The van der Waals surface area contributed by atoms with Crippen molar-refractivity contribution in [3.8, 4) is 0 Å². The fraction of sp³-hybridized carbons (Fsp3) is 0.538. The van der Waals surface area contributed by atoms with Gasteiger partial charge in [-0.05, 0) is 19.8 Å². The van der Waals surface area contributed by atoms with Gasteiger partial charge in [0.15, 0.2) is 0 Å². The van der Waals surface area contributed by atoms with Gasteiger partial charge >= 0.3 is 5.97 Å². The number of esters is 1. The molecule has 0 atom stereocenters. The van der Waals surface area contributed by atoms with Gasteiger partial charge in [0, 0.05) is 19.3 Å². The Labute approximate surface area is 97.2 Å². The van der Waals surface area contributed by atoms with Crippen LogP contribution in [0.3, 0.4) is 0 Å². The number of ether oxygens (including phenoxy) is 1. The minimum absolute atomic E-state index is 0.203. The number of carbonyl (C=O) groups excluding carboxylic acids is 2. The van der Waals surface area contributed by atoms with E-state index in [-0.39, 0.29) is 11.8 Å². The highest BCUT2D eigenvalue weighted by Gasteiger charge is 2.04. The van der Waals surface area contributed by atoms with Crippen LogP contribution in [0.4, 0.5) is 0 Å². The molecular formula is C13H20O3. The molecule has 0 amide bonds. The Morgan fingerprint density at radius 2 is 1.88 bits per heavy atom. The lowest BCUT2D eigenvalue weighted by Crippen LogP contribution is -2.02. The molecule has 0 aliphatic heterocycles. The summed E-state index contributed by atoms with van der Waals surface area (Å²) < 4.78 is 4.49. The van der Waals surface area contributed by atoms with Crippen molar-refractivity contribution in [2.45, 2.75) is 39.0 Å². The topological polar surface area (TPSA) is 43.4 Å². The van der Waals surface area contributed by atoms with Crippen LogP contribution in [0.2, 0.25) is 0 Å². The van der Waals surface area contributed by atoms with Crippen LogP contribution in [0.25, 0.3) is 0 Å². The van der Waals surface area contributed by atoms with Gasteiger partial charge in [0.2, 0.25) is 0 Å². The van der Waals surface area contributed by atoms with Crippen molar-refractivity contribution < 1.29 is 14.3 Å². The Morgan fingerprint density at radius 1 is 1.12 bits per heavy atom. The van der Waals surface area contributed by atoms with E-state index >= 15 is 0 Å². The number of hydrogen-bond donors (Lipinski definition) is 0. The summed E-state index contributed by atoms with van der Waals surface area (Å²) in [6.45, 7) is 1.95. The first kappa shape index (κ1) is 14.6. The predicted molar refractivity (Wildman–Crippen MR) is 64.1 cm³/mol. The van der Waals surface area contributed by atoms with Gasteiger partial charge < -0.3 is 4.74 Å². The average Bonchev–Trinajstić information content (AvgIpc) is 2.28. The van der Waals surface area contributed by atoms with Crippen LogP contribution in [0.1, 0.15) is 39.0 Å². The average molecular weight is 224 g/mol. The smallest absolute Gasteiger partial charge is 0.305 e. The van der Waals surface area contributed by atoms with Gasteiger partial charge in [-0.25, -0.2) is 0 Å². The highest BCUT2D eigenvalue weighted by molar-refractivity contribution is 5.79. The largest absolute Gasteiger partial charge is 0.469 e. The molecule has 3 nitrogen and oxygen atoms in total. The molecule has 0 saturated carbocycles. The van der Waals surface area contributed by atoms with Gasteiger partial charge in [-0.1, -0.05) is 24.3 Å². The zero-order valence-corrected chi connectivity index (χ0v) is 10.1. The van der Waals surface area contributed by atoms with E-state index in [1.807, 2.05) is 31.2 Å². The van der Waals surface area contributed by atoms with Crippen LogP contribution in [-0.4, -0.2) is 18.9 Å². The van der Waals surface area contributed by atoms with Gasteiger partial charge in [-0.2, -0.15) is 0 Å². The summed E-state index contributed by atoms with van der Waals surface area (Å²) in [4.78, 5) is 22.1. The first-order valence-electron chi connectivity index (χ1n) is 5.57. The fourth-order valence-electron chi connectivity index (χ4n) is 1.19. The van der Waals surface area contributed by atoms with Crippen LogP contribution in [0.5, 0.6) is 0 Å². The second-order valence-electron chi connectivity index (χ2n) is 3.46. The van der Waals surface area contributed by atoms with Crippen LogP contribution >= 0.6 is 0 Å². The third-order valence-corrected chi connectivity index (χ3v) is 2.09. The van der Waals surface area contributed by atoms with Gasteiger partial charge in [0.25, 0.3) is 0 Å². The van der Waals surface area contributed by atoms with Crippen molar-refractivity contribution in [2.24, 2.45) is 0 Å². The minimum Gasteiger partial charge on any atom is -0.469 e. The van der Waals surface area contributed by atoms with Crippen LogP contribution < -0.4 is 0 Å². The van der Waals surface area contributed by atoms with Crippen LogP contribution in [0, 0.1) is 0 Å². The molecule has 0 rings (SSSR count). The molecule has 0 aromatic rings. The SMILES string of the molecule is C/C=C/C=C/CCC(=O)CCCC(=O)OC. The number of methoxy groups -OCH3 is 1. The Kier molecular flexibility index (Phi) is 9.27. The Bertz CT molecular complexity index is 264. The van der Waals surface area contributed by atoms with E-state index in [0.717, 1.165) is 6.42 Å². The predicted octanol–water partition coefficient (Wildman–Crippen LogP) is 2.81. The second kappa shape index (κ2) is 10.1. The normalized spacial score (nSPS) is 11.1. The number of rotatable bonds is 8. The fourth-order valence-corrected chi connectivity index (χ4v) is 1.19. The Balaban J connectivity index is 3.48. The van der Waals surface area contributed by atoms with E-state index in [2.05, 4.69) is 4.74 Å². The van der Waals surface area contributed by atoms with Crippen molar-refractivity contribution in [3.63, 3.8) is 0 Å². The number of Topliss-reactive ketones (excluding diaryl/α,β-unsaturated/α-hetero) is 1. The summed E-state index contributed by atoms with van der Waals surface area (Å²) in [6, 6.07) is 0. The highest BCUT2D eigenvalue weighted by atomic mass is 16.5. The quantitative estimate of drug-likeness (QED) is 0.470. The first-order chi connectivity index (χ1) is 7.70. The van der Waals surface area contributed by atoms with E-state index in [1.165, 1.54) is 7.11 Å². The lowest BCUT2D eigenvalue weighted by molar-refractivity contribution is -0.140. The van der Waals surface area contributed by atoms with E-state index in [4.69, 9.17) is 0 Å². The zero-order chi connectivity index (χ0) is 12.2. The Hall–Kier alpha value is -1.38. The van der Waals surface area contributed by atoms with E-state index in [1.54, 1.807) is 0 Å². The summed E-state index contributed by atoms with van der Waals surface area (Å²) in [5.74, 6) is -0.0465. The summed E-state index contributed by atoms with van der Waals surface area (Å²) in [5, 5.41) is 0. The molecular weight excluding hydrogens is 204 g/mol. The molecule has 0 N–H and O–H groups in total. The number of allylic oxidation sites excluding steroid dienone is 4. The second-order valence-corrected chi connectivity index (χ2v) is 3.46. The molecule has 16 heavy (non-hydrogen) atoms. The van der Waals surface area contributed by atoms with Crippen molar-refractivity contribution in [1.29, 1.82) is 0 Å². The van der Waals surface area contributed by atoms with Crippen molar-refractivity contribution in [1.82, 2.24) is 0 Å². The van der Waals surface area contributed by atoms with Crippen molar-refractivity contribution >= 4 is 11.8 Å². The molecule has 3 heteroatoms. The highest BCUT2D eigenvalue weighted by Crippen LogP contribution is 2.03. The summed E-state index contributed by atoms with van der Waals surface area (Å²) in [7, 11) is 1.36. The zero-order valence-electron chi connectivity index (χ0n) is 10.1. The van der Waals surface area contributed by atoms with E-state index in [0.29, 0.717) is 25.7 Å². The standard InChI is InChI=1S/C13H20O3/c1-3-4-5-6-7-9-12(14)10-8-11-13(15)16-2/h3-6H,7-11H2,1-2H3/b4-3+,6-5+. The molecule has 0 bridgehead atoms. The molecule has 0 aliphatic rings. The third kappa shape index (κ3) is 9.19. The monoisotopic (exact) mass is 224 g/mol. The van der Waals surface area contributed by atoms with Gasteiger partial charge in [-0.3, -0.25) is 9.59 Å². The third-order valence-electron chi connectivity index (χ3n) is 2.09. The first-order valence-corrected chi connectivity index (χ1v) is 5.57. The lowest BCUT2D eigenvalue weighted by atomic mass is 10.1. The van der Waals surface area contributed by atoms with Gasteiger partial charge in [0.1, 0.15) is 5.78 Å². The van der Waals surface area contributed by atoms with Crippen molar-refractivity contribution in [2.75, 3.05) is 7.11 Å². The molecule has 0 heterocycles. The van der Waals surface area contributed by atoms with Crippen LogP contribution in [-0.2, 0) is 14.3 Å². The summed E-state index contributed by atoms with van der Waals surface area (Å²) in [5.41, 5.74) is 0. The maximum atomic E-state index is 11.3. The van der Waals surface area contributed by atoms with E-state index in [9.17, 15) is 9.59 Å². The molecule has 0 spiro atoms.